The Morgan fingerprint density at radius 3 is 2.52 bits per heavy atom. The van der Waals surface area contributed by atoms with Gasteiger partial charge in [-0.15, -0.1) is 0 Å². The summed E-state index contributed by atoms with van der Waals surface area (Å²) < 4.78 is 2.03. The van der Waals surface area contributed by atoms with E-state index in [4.69, 9.17) is 0 Å². The summed E-state index contributed by atoms with van der Waals surface area (Å²) in [6.07, 6.45) is 1.64. The van der Waals surface area contributed by atoms with Gasteiger partial charge in [-0.05, 0) is 62.6 Å². The summed E-state index contributed by atoms with van der Waals surface area (Å²) in [6.45, 7) is 7.90. The molecule has 0 atom stereocenters. The van der Waals surface area contributed by atoms with Crippen LogP contribution in [-0.4, -0.2) is 10.5 Å². The molecule has 1 aromatic carbocycles. The van der Waals surface area contributed by atoms with Crippen LogP contribution in [0.5, 0.6) is 0 Å². The minimum Gasteiger partial charge on any atom is -0.352 e. The number of hydrogen-bond donors (Lipinski definition) is 1. The van der Waals surface area contributed by atoms with E-state index in [0.717, 1.165) is 33.8 Å². The molecule has 4 nitrogen and oxygen atoms in total. The SMILES string of the molecule is Cc1cccc(NC(=O)C(C#N)=Cc2cc(C)n(C)c2C)c1C. The Balaban J connectivity index is 2.32. The molecular formula is C19H21N3O. The van der Waals surface area contributed by atoms with Gasteiger partial charge in [-0.3, -0.25) is 4.79 Å². The summed E-state index contributed by atoms with van der Waals surface area (Å²) in [5, 5.41) is 12.2. The van der Waals surface area contributed by atoms with Crippen LogP contribution < -0.4 is 5.32 Å². The maximum Gasteiger partial charge on any atom is 0.266 e. The molecule has 0 aliphatic rings. The molecule has 0 aliphatic carbocycles. The van der Waals surface area contributed by atoms with Gasteiger partial charge in [-0.2, -0.15) is 5.26 Å². The summed E-state index contributed by atoms with van der Waals surface area (Å²) in [4.78, 5) is 12.4. The predicted octanol–water partition coefficient (Wildman–Crippen LogP) is 3.80. The van der Waals surface area contributed by atoms with Gasteiger partial charge in [-0.25, -0.2) is 0 Å². The summed E-state index contributed by atoms with van der Waals surface area (Å²) >= 11 is 0. The minimum absolute atomic E-state index is 0.0969. The third-order valence-electron chi connectivity index (χ3n) is 4.33. The Morgan fingerprint density at radius 1 is 1.26 bits per heavy atom. The molecule has 4 heteroatoms. The minimum atomic E-state index is -0.387. The summed E-state index contributed by atoms with van der Waals surface area (Å²) in [5.41, 5.74) is 5.93. The highest BCUT2D eigenvalue weighted by Crippen LogP contribution is 2.20. The van der Waals surface area contributed by atoms with E-state index in [1.807, 2.05) is 69.6 Å². The molecule has 2 rings (SSSR count). The Morgan fingerprint density at radius 2 is 1.96 bits per heavy atom. The number of hydrogen-bond acceptors (Lipinski definition) is 2. The van der Waals surface area contributed by atoms with Gasteiger partial charge in [0, 0.05) is 24.1 Å². The number of rotatable bonds is 3. The highest BCUT2D eigenvalue weighted by molar-refractivity contribution is 6.10. The van der Waals surface area contributed by atoms with Crippen molar-refractivity contribution in [3.8, 4) is 6.07 Å². The molecule has 0 fully saturated rings. The van der Waals surface area contributed by atoms with Crippen LogP contribution in [0, 0.1) is 39.0 Å². The second kappa shape index (κ2) is 6.53. The summed E-state index contributed by atoms with van der Waals surface area (Å²) in [7, 11) is 1.96. The van der Waals surface area contributed by atoms with Crippen molar-refractivity contribution in [1.82, 2.24) is 4.57 Å². The zero-order chi connectivity index (χ0) is 17.1. The van der Waals surface area contributed by atoms with E-state index in [2.05, 4.69) is 5.32 Å². The first-order valence-corrected chi connectivity index (χ1v) is 7.47. The van der Waals surface area contributed by atoms with Crippen molar-refractivity contribution in [2.75, 3.05) is 5.32 Å². The van der Waals surface area contributed by atoms with Gasteiger partial charge in [0.25, 0.3) is 5.91 Å². The van der Waals surface area contributed by atoms with E-state index >= 15 is 0 Å². The van der Waals surface area contributed by atoms with Gasteiger partial charge in [0.2, 0.25) is 0 Å². The topological polar surface area (TPSA) is 57.8 Å². The summed E-state index contributed by atoms with van der Waals surface area (Å²) in [5.74, 6) is -0.387. The molecule has 2 aromatic rings. The molecule has 118 valence electrons. The van der Waals surface area contributed by atoms with E-state index in [9.17, 15) is 10.1 Å². The van der Waals surface area contributed by atoms with Crippen LogP contribution in [-0.2, 0) is 11.8 Å². The smallest absolute Gasteiger partial charge is 0.266 e. The maximum atomic E-state index is 12.4. The average molecular weight is 307 g/mol. The van der Waals surface area contributed by atoms with Crippen molar-refractivity contribution in [2.24, 2.45) is 7.05 Å². The normalized spacial score (nSPS) is 11.2. The molecule has 0 unspecified atom stereocenters. The second-order valence-corrected chi connectivity index (χ2v) is 5.76. The fourth-order valence-corrected chi connectivity index (χ4v) is 2.41. The van der Waals surface area contributed by atoms with E-state index in [-0.39, 0.29) is 11.5 Å². The first-order chi connectivity index (χ1) is 10.8. The fourth-order valence-electron chi connectivity index (χ4n) is 2.41. The lowest BCUT2D eigenvalue weighted by atomic mass is 10.1. The largest absolute Gasteiger partial charge is 0.352 e. The number of amides is 1. The van der Waals surface area contributed by atoms with Gasteiger partial charge >= 0.3 is 0 Å². The van der Waals surface area contributed by atoms with Crippen molar-refractivity contribution in [1.29, 1.82) is 5.26 Å². The molecule has 23 heavy (non-hydrogen) atoms. The average Bonchev–Trinajstić information content (AvgIpc) is 2.76. The lowest BCUT2D eigenvalue weighted by Crippen LogP contribution is -2.14. The number of aryl methyl sites for hydroxylation is 2. The van der Waals surface area contributed by atoms with Crippen LogP contribution in [0.2, 0.25) is 0 Å². The molecule has 1 N–H and O–H groups in total. The van der Waals surface area contributed by atoms with Crippen LogP contribution in [0.1, 0.15) is 28.1 Å². The molecule has 1 amide bonds. The molecule has 0 aliphatic heterocycles. The fraction of sp³-hybridized carbons (Fsp3) is 0.263. The van der Waals surface area contributed by atoms with E-state index in [1.54, 1.807) is 6.08 Å². The Labute approximate surface area is 137 Å². The predicted molar refractivity (Wildman–Crippen MR) is 93.0 cm³/mol. The third kappa shape index (κ3) is 3.35. The van der Waals surface area contributed by atoms with Gasteiger partial charge in [0.05, 0.1) is 0 Å². The van der Waals surface area contributed by atoms with Crippen molar-refractivity contribution >= 4 is 17.7 Å². The Hall–Kier alpha value is -2.80. The maximum absolute atomic E-state index is 12.4. The molecule has 1 aromatic heterocycles. The Kier molecular flexibility index (Phi) is 4.71. The number of benzene rings is 1. The highest BCUT2D eigenvalue weighted by atomic mass is 16.1. The van der Waals surface area contributed by atoms with Crippen molar-refractivity contribution < 1.29 is 4.79 Å². The van der Waals surface area contributed by atoms with Crippen molar-refractivity contribution in [3.05, 3.63) is 57.9 Å². The standard InChI is InChI=1S/C19H21N3O/c1-12-7-6-8-18(14(12)3)21-19(23)17(11-20)10-16-9-13(2)22(5)15(16)4/h6-10H,1-5H3,(H,21,23). The Bertz CT molecular complexity index is 835. The number of carbonyl (C=O) groups is 1. The number of carbonyl (C=O) groups excluding carboxylic acids is 1. The molecule has 0 saturated heterocycles. The zero-order valence-electron chi connectivity index (χ0n) is 14.2. The first kappa shape index (κ1) is 16.6. The van der Waals surface area contributed by atoms with Crippen LogP contribution in [0.3, 0.4) is 0 Å². The molecule has 0 bridgehead atoms. The highest BCUT2D eigenvalue weighted by Gasteiger charge is 2.13. The molecule has 0 saturated carbocycles. The van der Waals surface area contributed by atoms with E-state index < -0.39 is 0 Å². The molecule has 0 radical (unpaired) electrons. The number of nitriles is 1. The lowest BCUT2D eigenvalue weighted by molar-refractivity contribution is -0.112. The van der Waals surface area contributed by atoms with E-state index in [0.29, 0.717) is 0 Å². The number of anilines is 1. The number of aromatic nitrogens is 1. The van der Waals surface area contributed by atoms with Crippen LogP contribution in [0.15, 0.2) is 29.8 Å². The molecule has 0 spiro atoms. The van der Waals surface area contributed by atoms with Gasteiger partial charge < -0.3 is 9.88 Å². The lowest BCUT2D eigenvalue weighted by Gasteiger charge is -2.09. The molecule has 1 heterocycles. The monoisotopic (exact) mass is 307 g/mol. The van der Waals surface area contributed by atoms with Crippen molar-refractivity contribution in [2.45, 2.75) is 27.7 Å². The number of nitrogens with zero attached hydrogens (tertiary/aromatic N) is 2. The van der Waals surface area contributed by atoms with Crippen LogP contribution in [0.25, 0.3) is 6.08 Å². The quantitative estimate of drug-likeness (QED) is 0.692. The summed E-state index contributed by atoms with van der Waals surface area (Å²) in [6, 6.07) is 9.69. The van der Waals surface area contributed by atoms with E-state index in [1.165, 1.54) is 0 Å². The zero-order valence-corrected chi connectivity index (χ0v) is 14.2. The third-order valence-corrected chi connectivity index (χ3v) is 4.33. The van der Waals surface area contributed by atoms with Crippen LogP contribution >= 0.6 is 0 Å². The number of nitrogens with one attached hydrogen (secondary N) is 1. The van der Waals surface area contributed by atoms with Gasteiger partial charge in [0.15, 0.2) is 0 Å². The van der Waals surface area contributed by atoms with Gasteiger partial charge in [-0.1, -0.05) is 12.1 Å². The van der Waals surface area contributed by atoms with Gasteiger partial charge in [0.1, 0.15) is 11.6 Å². The first-order valence-electron chi connectivity index (χ1n) is 7.47. The van der Waals surface area contributed by atoms with Crippen molar-refractivity contribution in [3.63, 3.8) is 0 Å². The second-order valence-electron chi connectivity index (χ2n) is 5.76. The molecular weight excluding hydrogens is 286 g/mol. The van der Waals surface area contributed by atoms with Crippen LogP contribution in [0.4, 0.5) is 5.69 Å².